The van der Waals surface area contributed by atoms with Gasteiger partial charge in [0.1, 0.15) is 0 Å². The van der Waals surface area contributed by atoms with Crippen LogP contribution in [0.25, 0.3) is 0 Å². The van der Waals surface area contributed by atoms with E-state index in [1.165, 1.54) is 32.1 Å². The van der Waals surface area contributed by atoms with Gasteiger partial charge in [-0.2, -0.15) is 0 Å². The molecule has 1 aliphatic rings. The van der Waals surface area contributed by atoms with Crippen molar-refractivity contribution < 1.29 is 0 Å². The van der Waals surface area contributed by atoms with E-state index in [9.17, 15) is 0 Å². The molecular weight excluding hydrogens is 260 g/mol. The number of allylic oxidation sites excluding steroid dienone is 2. The van der Waals surface area contributed by atoms with Gasteiger partial charge in [0.05, 0.1) is 0 Å². The zero-order chi connectivity index (χ0) is 12.2. The van der Waals surface area contributed by atoms with Crippen LogP contribution in [0.4, 0.5) is 0 Å². The standard InChI is InChI=1S/C15H27Br/c1-5-12(11-16)10-13-6-8-14(9-7-13)15(2,3)4/h10,13-14H,5-9,11H2,1-4H3. The molecule has 0 spiro atoms. The van der Waals surface area contributed by atoms with Crippen LogP contribution in [0, 0.1) is 17.3 Å². The third kappa shape index (κ3) is 4.24. The van der Waals surface area contributed by atoms with E-state index in [1.54, 1.807) is 5.57 Å². The second-order valence-electron chi connectivity index (χ2n) is 6.29. The van der Waals surface area contributed by atoms with Crippen molar-refractivity contribution in [3.05, 3.63) is 11.6 Å². The monoisotopic (exact) mass is 286 g/mol. The van der Waals surface area contributed by atoms with Crippen LogP contribution in [0.15, 0.2) is 11.6 Å². The summed E-state index contributed by atoms with van der Waals surface area (Å²) in [6, 6.07) is 0. The molecule has 0 aromatic carbocycles. The molecule has 0 bridgehead atoms. The van der Waals surface area contributed by atoms with E-state index in [1.807, 2.05) is 0 Å². The summed E-state index contributed by atoms with van der Waals surface area (Å²) in [5.74, 6) is 1.79. The number of rotatable bonds is 3. The molecule has 0 N–H and O–H groups in total. The first-order chi connectivity index (χ1) is 7.47. The Hall–Kier alpha value is 0.220. The third-order valence-corrected chi connectivity index (χ3v) is 4.81. The number of hydrogen-bond acceptors (Lipinski definition) is 0. The largest absolute Gasteiger partial charge is 0.0880 e. The minimum atomic E-state index is 0.512. The van der Waals surface area contributed by atoms with E-state index >= 15 is 0 Å². The van der Waals surface area contributed by atoms with Gasteiger partial charge >= 0.3 is 0 Å². The molecule has 94 valence electrons. The van der Waals surface area contributed by atoms with Gasteiger partial charge in [0.25, 0.3) is 0 Å². The van der Waals surface area contributed by atoms with Crippen molar-refractivity contribution in [2.75, 3.05) is 5.33 Å². The Morgan fingerprint density at radius 3 is 2.12 bits per heavy atom. The van der Waals surface area contributed by atoms with Gasteiger partial charge < -0.3 is 0 Å². The van der Waals surface area contributed by atoms with Crippen molar-refractivity contribution in [2.24, 2.45) is 17.3 Å². The summed E-state index contributed by atoms with van der Waals surface area (Å²) in [5.41, 5.74) is 2.09. The van der Waals surface area contributed by atoms with Crippen LogP contribution >= 0.6 is 15.9 Å². The lowest BCUT2D eigenvalue weighted by Gasteiger charge is -2.36. The molecule has 1 fully saturated rings. The minimum Gasteiger partial charge on any atom is -0.0880 e. The van der Waals surface area contributed by atoms with Gasteiger partial charge in [-0.05, 0) is 49.4 Å². The highest BCUT2D eigenvalue weighted by molar-refractivity contribution is 9.09. The van der Waals surface area contributed by atoms with Crippen molar-refractivity contribution in [3.63, 3.8) is 0 Å². The molecule has 0 heterocycles. The highest BCUT2D eigenvalue weighted by Gasteiger charge is 2.28. The zero-order valence-corrected chi connectivity index (χ0v) is 12.9. The molecule has 0 radical (unpaired) electrons. The lowest BCUT2D eigenvalue weighted by atomic mass is 9.69. The average molecular weight is 287 g/mol. The fourth-order valence-corrected chi connectivity index (χ4v) is 3.33. The first-order valence-corrected chi connectivity index (χ1v) is 7.85. The molecular formula is C15H27Br. The maximum Gasteiger partial charge on any atom is 0.0241 e. The molecule has 0 aliphatic heterocycles. The maximum atomic E-state index is 3.58. The van der Waals surface area contributed by atoms with E-state index < -0.39 is 0 Å². The molecule has 16 heavy (non-hydrogen) atoms. The SMILES string of the molecule is CCC(=CC1CCC(C(C)(C)C)CC1)CBr. The molecule has 1 aliphatic carbocycles. The Labute approximate surface area is 110 Å². The summed E-state index contributed by atoms with van der Waals surface area (Å²) in [4.78, 5) is 0. The van der Waals surface area contributed by atoms with Crippen molar-refractivity contribution in [1.82, 2.24) is 0 Å². The van der Waals surface area contributed by atoms with E-state index in [4.69, 9.17) is 0 Å². The Morgan fingerprint density at radius 1 is 1.19 bits per heavy atom. The topological polar surface area (TPSA) is 0 Å². The maximum absolute atomic E-state index is 3.58. The van der Waals surface area contributed by atoms with Gasteiger partial charge in [-0.25, -0.2) is 0 Å². The lowest BCUT2D eigenvalue weighted by molar-refractivity contribution is 0.162. The van der Waals surface area contributed by atoms with Crippen LogP contribution in [0.2, 0.25) is 0 Å². The average Bonchev–Trinajstić information content (AvgIpc) is 2.25. The highest BCUT2D eigenvalue weighted by Crippen LogP contribution is 2.40. The molecule has 1 saturated carbocycles. The van der Waals surface area contributed by atoms with Crippen LogP contribution in [0.1, 0.15) is 59.8 Å². The summed E-state index contributed by atoms with van der Waals surface area (Å²) in [6.07, 6.45) is 9.38. The van der Waals surface area contributed by atoms with Crippen LogP contribution < -0.4 is 0 Å². The summed E-state index contributed by atoms with van der Waals surface area (Å²) in [5, 5.41) is 1.06. The normalized spacial score (nSPS) is 28.2. The predicted octanol–water partition coefficient (Wildman–Crippen LogP) is 5.57. The summed E-state index contributed by atoms with van der Waals surface area (Å²) in [7, 11) is 0. The number of halogens is 1. The van der Waals surface area contributed by atoms with Crippen LogP contribution in [0.3, 0.4) is 0 Å². The molecule has 1 rings (SSSR count). The summed E-state index contributed by atoms with van der Waals surface area (Å²) >= 11 is 3.58. The van der Waals surface area contributed by atoms with E-state index in [-0.39, 0.29) is 0 Å². The van der Waals surface area contributed by atoms with Gasteiger partial charge in [0.2, 0.25) is 0 Å². The lowest BCUT2D eigenvalue weighted by Crippen LogP contribution is -2.25. The fourth-order valence-electron chi connectivity index (χ4n) is 2.74. The van der Waals surface area contributed by atoms with Crippen molar-refractivity contribution in [2.45, 2.75) is 59.8 Å². The van der Waals surface area contributed by atoms with Gasteiger partial charge in [-0.1, -0.05) is 55.3 Å². The van der Waals surface area contributed by atoms with Gasteiger partial charge in [0.15, 0.2) is 0 Å². The van der Waals surface area contributed by atoms with Crippen LogP contribution in [-0.4, -0.2) is 5.33 Å². The molecule has 0 aromatic heterocycles. The molecule has 0 nitrogen and oxygen atoms in total. The van der Waals surface area contributed by atoms with Crippen LogP contribution in [-0.2, 0) is 0 Å². The summed E-state index contributed by atoms with van der Waals surface area (Å²) in [6.45, 7) is 9.44. The second-order valence-corrected chi connectivity index (χ2v) is 6.85. The molecule has 0 saturated heterocycles. The molecule has 0 atom stereocenters. The predicted molar refractivity (Wildman–Crippen MR) is 77.1 cm³/mol. The zero-order valence-electron chi connectivity index (χ0n) is 11.4. The summed E-state index contributed by atoms with van der Waals surface area (Å²) < 4.78 is 0. The first kappa shape index (κ1) is 14.3. The van der Waals surface area contributed by atoms with E-state index in [0.29, 0.717) is 5.41 Å². The van der Waals surface area contributed by atoms with Crippen molar-refractivity contribution in [3.8, 4) is 0 Å². The van der Waals surface area contributed by atoms with Crippen molar-refractivity contribution in [1.29, 1.82) is 0 Å². The Balaban J connectivity index is 2.46. The second kappa shape index (κ2) is 6.23. The highest BCUT2D eigenvalue weighted by atomic mass is 79.9. The van der Waals surface area contributed by atoms with Gasteiger partial charge in [-0.15, -0.1) is 0 Å². The quantitative estimate of drug-likeness (QED) is 0.470. The van der Waals surface area contributed by atoms with E-state index in [2.05, 4.69) is 49.7 Å². The van der Waals surface area contributed by atoms with Crippen molar-refractivity contribution >= 4 is 15.9 Å². The van der Waals surface area contributed by atoms with Gasteiger partial charge in [0, 0.05) is 5.33 Å². The third-order valence-electron chi connectivity index (χ3n) is 4.09. The number of alkyl halides is 1. The van der Waals surface area contributed by atoms with Crippen LogP contribution in [0.5, 0.6) is 0 Å². The smallest absolute Gasteiger partial charge is 0.0241 e. The molecule has 0 amide bonds. The molecule has 0 aromatic rings. The molecule has 1 heteroatoms. The number of hydrogen-bond donors (Lipinski definition) is 0. The fraction of sp³-hybridized carbons (Fsp3) is 0.867. The Bertz CT molecular complexity index is 220. The van der Waals surface area contributed by atoms with E-state index in [0.717, 1.165) is 17.2 Å². The Morgan fingerprint density at radius 2 is 1.75 bits per heavy atom. The Kier molecular flexibility index (Phi) is 5.56. The first-order valence-electron chi connectivity index (χ1n) is 6.73. The van der Waals surface area contributed by atoms with Gasteiger partial charge in [-0.3, -0.25) is 0 Å². The minimum absolute atomic E-state index is 0.512. The molecule has 0 unspecified atom stereocenters.